The Morgan fingerprint density at radius 1 is 0.892 bits per heavy atom. The molecule has 3 aromatic carbocycles. The molecule has 5 nitrogen and oxygen atoms in total. The highest BCUT2D eigenvalue weighted by molar-refractivity contribution is 6.01. The highest BCUT2D eigenvalue weighted by Crippen LogP contribution is 2.40. The lowest BCUT2D eigenvalue weighted by atomic mass is 9.78. The second kappa shape index (κ2) is 12.1. The van der Waals surface area contributed by atoms with Crippen molar-refractivity contribution in [3.05, 3.63) is 89.0 Å². The van der Waals surface area contributed by atoms with Gasteiger partial charge in [0.05, 0.1) is 18.5 Å². The van der Waals surface area contributed by atoms with Crippen LogP contribution in [0.4, 0.5) is 5.69 Å². The van der Waals surface area contributed by atoms with Gasteiger partial charge in [0.15, 0.2) is 5.84 Å². The maximum Gasteiger partial charge on any atom is 0.154 e. The summed E-state index contributed by atoms with van der Waals surface area (Å²) in [6, 6.07) is 21.7. The summed E-state index contributed by atoms with van der Waals surface area (Å²) in [5.41, 5.74) is 7.06. The number of nitrogens with one attached hydrogen (secondary N) is 1. The standard InChI is InChI=1S/C32H41N3O2/c1-8-9-19-37-26-17-15-23(16-18-26)22-33-35-30(34-25-13-11-10-12-14-25)24-20-27(31(2,3)4)29(36)28(21-24)32(5,6)7/h10-18,20-22,36H,8-9,19H2,1-7H3,(H,34,35). The summed E-state index contributed by atoms with van der Waals surface area (Å²) in [5.74, 6) is 1.81. The third-order valence-electron chi connectivity index (χ3n) is 6.03. The third kappa shape index (κ3) is 7.94. The molecule has 0 heterocycles. The van der Waals surface area contributed by atoms with E-state index in [-0.39, 0.29) is 10.8 Å². The monoisotopic (exact) mass is 499 g/mol. The van der Waals surface area contributed by atoms with Crippen LogP contribution >= 0.6 is 0 Å². The van der Waals surface area contributed by atoms with Gasteiger partial charge in [-0.15, -0.1) is 0 Å². The van der Waals surface area contributed by atoms with Crippen molar-refractivity contribution in [2.45, 2.75) is 72.1 Å². The van der Waals surface area contributed by atoms with E-state index in [1.807, 2.05) is 66.7 Å². The second-order valence-corrected chi connectivity index (χ2v) is 11.4. The van der Waals surface area contributed by atoms with Crippen molar-refractivity contribution in [2.75, 3.05) is 6.61 Å². The van der Waals surface area contributed by atoms with Crippen LogP contribution in [-0.4, -0.2) is 23.8 Å². The summed E-state index contributed by atoms with van der Waals surface area (Å²) in [6.07, 6.45) is 3.92. The third-order valence-corrected chi connectivity index (χ3v) is 6.03. The van der Waals surface area contributed by atoms with E-state index in [0.717, 1.165) is 53.1 Å². The Kier molecular flexibility index (Phi) is 9.14. The molecule has 0 radical (unpaired) electrons. The molecule has 0 saturated carbocycles. The average Bonchev–Trinajstić information content (AvgIpc) is 2.84. The van der Waals surface area contributed by atoms with Crippen LogP contribution in [0.2, 0.25) is 0 Å². The molecule has 2 N–H and O–H groups in total. The number of ether oxygens (including phenoxy) is 1. The van der Waals surface area contributed by atoms with Gasteiger partial charge in [0, 0.05) is 16.7 Å². The fraction of sp³-hybridized carbons (Fsp3) is 0.375. The number of para-hydroxylation sites is 1. The Morgan fingerprint density at radius 3 is 2.03 bits per heavy atom. The summed E-state index contributed by atoms with van der Waals surface area (Å²) in [6.45, 7) is 15.5. The quantitative estimate of drug-likeness (QED) is 0.143. The van der Waals surface area contributed by atoms with Crippen molar-refractivity contribution in [1.29, 1.82) is 0 Å². The molecule has 0 saturated heterocycles. The predicted molar refractivity (Wildman–Crippen MR) is 156 cm³/mol. The van der Waals surface area contributed by atoms with Crippen LogP contribution < -0.4 is 10.2 Å². The lowest BCUT2D eigenvalue weighted by Gasteiger charge is -2.28. The van der Waals surface area contributed by atoms with E-state index in [4.69, 9.17) is 9.73 Å². The normalized spacial score (nSPS) is 12.7. The van der Waals surface area contributed by atoms with Crippen LogP contribution in [0, 0.1) is 0 Å². The average molecular weight is 500 g/mol. The van der Waals surface area contributed by atoms with Crippen LogP contribution in [0.1, 0.15) is 83.6 Å². The summed E-state index contributed by atoms with van der Waals surface area (Å²) in [4.78, 5) is 4.88. The molecule has 0 spiro atoms. The Hall–Kier alpha value is -3.60. The number of phenols is 1. The Bertz CT molecular complexity index is 1180. The number of benzene rings is 3. The van der Waals surface area contributed by atoms with E-state index in [1.54, 1.807) is 6.21 Å². The van der Waals surface area contributed by atoms with Crippen LogP contribution in [0.5, 0.6) is 11.5 Å². The molecule has 0 aromatic heterocycles. The first kappa shape index (κ1) is 28.0. The Balaban J connectivity index is 1.97. The van der Waals surface area contributed by atoms with E-state index in [0.29, 0.717) is 11.6 Å². The van der Waals surface area contributed by atoms with Gasteiger partial charge >= 0.3 is 0 Å². The molecule has 0 bridgehead atoms. The summed E-state index contributed by atoms with van der Waals surface area (Å²) >= 11 is 0. The fourth-order valence-electron chi connectivity index (χ4n) is 3.85. The lowest BCUT2D eigenvalue weighted by Crippen LogP contribution is -2.23. The number of aliphatic imine (C=N–C) groups is 1. The minimum atomic E-state index is -0.248. The minimum Gasteiger partial charge on any atom is -0.507 e. The largest absolute Gasteiger partial charge is 0.507 e. The maximum atomic E-state index is 11.2. The second-order valence-electron chi connectivity index (χ2n) is 11.4. The number of phenolic OH excluding ortho intramolecular Hbond substituents is 1. The molecule has 0 amide bonds. The molecule has 3 rings (SSSR count). The number of hydrogen-bond acceptors (Lipinski definition) is 4. The van der Waals surface area contributed by atoms with Gasteiger partial charge in [0.1, 0.15) is 11.5 Å². The molecule has 0 unspecified atom stereocenters. The summed E-state index contributed by atoms with van der Waals surface area (Å²) in [7, 11) is 0. The van der Waals surface area contributed by atoms with Crippen molar-refractivity contribution in [3.63, 3.8) is 0 Å². The van der Waals surface area contributed by atoms with Crippen molar-refractivity contribution in [1.82, 2.24) is 5.43 Å². The zero-order valence-electron chi connectivity index (χ0n) is 23.3. The lowest BCUT2D eigenvalue weighted by molar-refractivity contribution is 0.309. The number of nitrogens with zero attached hydrogens (tertiary/aromatic N) is 2. The molecule has 0 fully saturated rings. The van der Waals surface area contributed by atoms with Crippen LogP contribution in [-0.2, 0) is 10.8 Å². The molecule has 0 aliphatic heterocycles. The summed E-state index contributed by atoms with van der Waals surface area (Å²) < 4.78 is 5.76. The first-order valence-electron chi connectivity index (χ1n) is 13.0. The molecule has 3 aromatic rings. The number of rotatable bonds is 8. The highest BCUT2D eigenvalue weighted by Gasteiger charge is 2.27. The fourth-order valence-corrected chi connectivity index (χ4v) is 3.85. The smallest absolute Gasteiger partial charge is 0.154 e. The van der Waals surface area contributed by atoms with Gasteiger partial charge in [-0.05, 0) is 71.3 Å². The van der Waals surface area contributed by atoms with Crippen LogP contribution in [0.15, 0.2) is 76.8 Å². The van der Waals surface area contributed by atoms with Gasteiger partial charge in [-0.25, -0.2) is 4.99 Å². The number of hydrogen-bond donors (Lipinski definition) is 2. The first-order chi connectivity index (χ1) is 17.5. The van der Waals surface area contributed by atoms with Crippen molar-refractivity contribution in [2.24, 2.45) is 10.1 Å². The van der Waals surface area contributed by atoms with Gasteiger partial charge in [-0.1, -0.05) is 73.1 Å². The van der Waals surface area contributed by atoms with E-state index in [1.165, 1.54) is 0 Å². The van der Waals surface area contributed by atoms with Crippen LogP contribution in [0.25, 0.3) is 0 Å². The topological polar surface area (TPSA) is 66.2 Å². The number of amidine groups is 1. The Morgan fingerprint density at radius 2 is 1.49 bits per heavy atom. The molecule has 196 valence electrons. The number of unbranched alkanes of at least 4 members (excludes halogenated alkanes) is 1. The van der Waals surface area contributed by atoms with Gasteiger partial charge < -0.3 is 9.84 Å². The van der Waals surface area contributed by atoms with E-state index >= 15 is 0 Å². The van der Waals surface area contributed by atoms with Gasteiger partial charge in [0.25, 0.3) is 0 Å². The van der Waals surface area contributed by atoms with Gasteiger partial charge in [-0.3, -0.25) is 5.43 Å². The SMILES string of the molecule is CCCCOc1ccc(C=NNC(=Nc2ccccc2)c2cc(C(C)(C)C)c(O)c(C(C)(C)C)c2)cc1. The molecule has 5 heteroatoms. The van der Waals surface area contributed by atoms with Gasteiger partial charge in [-0.2, -0.15) is 5.10 Å². The minimum absolute atomic E-state index is 0.248. The van der Waals surface area contributed by atoms with Crippen molar-refractivity contribution < 1.29 is 9.84 Å². The number of aromatic hydroxyl groups is 1. The van der Waals surface area contributed by atoms with E-state index < -0.39 is 0 Å². The molecule has 0 aliphatic carbocycles. The van der Waals surface area contributed by atoms with Crippen molar-refractivity contribution in [3.8, 4) is 11.5 Å². The van der Waals surface area contributed by atoms with Crippen LogP contribution in [0.3, 0.4) is 0 Å². The Labute approximate surface area is 222 Å². The molecule has 0 atom stereocenters. The van der Waals surface area contributed by atoms with Gasteiger partial charge in [0.2, 0.25) is 0 Å². The summed E-state index contributed by atoms with van der Waals surface area (Å²) in [5, 5.41) is 15.7. The zero-order chi connectivity index (χ0) is 27.1. The molecular weight excluding hydrogens is 458 g/mol. The van der Waals surface area contributed by atoms with Crippen molar-refractivity contribution >= 4 is 17.7 Å². The number of hydrazone groups is 1. The van der Waals surface area contributed by atoms with E-state index in [2.05, 4.69) is 59.0 Å². The molecular formula is C32H41N3O2. The zero-order valence-corrected chi connectivity index (χ0v) is 23.3. The molecule has 0 aliphatic rings. The molecule has 37 heavy (non-hydrogen) atoms. The van der Waals surface area contributed by atoms with E-state index in [9.17, 15) is 5.11 Å². The highest BCUT2D eigenvalue weighted by atomic mass is 16.5. The predicted octanol–water partition coefficient (Wildman–Crippen LogP) is 7.87. The first-order valence-corrected chi connectivity index (χ1v) is 13.0. The maximum absolute atomic E-state index is 11.2.